The molecule has 2 rings (SSSR count). The predicted molar refractivity (Wildman–Crippen MR) is 104 cm³/mol. The van der Waals surface area contributed by atoms with Crippen molar-refractivity contribution in [3.8, 4) is 0 Å². The quantitative estimate of drug-likeness (QED) is 0.519. The van der Waals surface area contributed by atoms with Crippen molar-refractivity contribution in [2.75, 3.05) is 0 Å². The van der Waals surface area contributed by atoms with Gasteiger partial charge in [0.2, 0.25) is 11.8 Å². The molecule has 0 saturated heterocycles. The lowest BCUT2D eigenvalue weighted by atomic mass is 10.1. The number of carbonyl (C=O) groups excluding carboxylic acids is 3. The van der Waals surface area contributed by atoms with Crippen molar-refractivity contribution in [3.05, 3.63) is 77.4 Å². The molecule has 6 heteroatoms. The smallest absolute Gasteiger partial charge is 0.262 e. The van der Waals surface area contributed by atoms with Crippen LogP contribution >= 0.6 is 0 Å². The molecule has 0 heterocycles. The minimum Gasteiger partial charge on any atom is -0.352 e. The van der Waals surface area contributed by atoms with Crippen molar-refractivity contribution in [2.24, 2.45) is 0 Å². The molecule has 0 aliphatic heterocycles. The SMILES string of the molecule is Cc1ccc(C=CC(=O)NNC(=O)CCC(=O)NCc2ccccc2)cc1. The van der Waals surface area contributed by atoms with E-state index in [4.69, 9.17) is 0 Å². The van der Waals surface area contributed by atoms with Gasteiger partial charge in [-0.05, 0) is 24.1 Å². The molecular weight excluding hydrogens is 342 g/mol. The van der Waals surface area contributed by atoms with Crippen LogP contribution in [0.25, 0.3) is 6.08 Å². The highest BCUT2D eigenvalue weighted by Gasteiger charge is 2.07. The Bertz CT molecular complexity index is 799. The first-order chi connectivity index (χ1) is 13.0. The second-order valence-electron chi connectivity index (χ2n) is 6.04. The van der Waals surface area contributed by atoms with E-state index in [0.717, 1.165) is 16.7 Å². The van der Waals surface area contributed by atoms with Crippen molar-refractivity contribution in [3.63, 3.8) is 0 Å². The summed E-state index contributed by atoms with van der Waals surface area (Å²) in [4.78, 5) is 35.2. The van der Waals surface area contributed by atoms with Crippen LogP contribution in [0.1, 0.15) is 29.5 Å². The van der Waals surface area contributed by atoms with Crippen LogP contribution in [0.2, 0.25) is 0 Å². The fourth-order valence-electron chi connectivity index (χ4n) is 2.20. The average Bonchev–Trinajstić information content (AvgIpc) is 2.69. The van der Waals surface area contributed by atoms with Gasteiger partial charge in [-0.1, -0.05) is 60.2 Å². The third kappa shape index (κ3) is 8.00. The van der Waals surface area contributed by atoms with Gasteiger partial charge in [0.1, 0.15) is 0 Å². The van der Waals surface area contributed by atoms with Crippen molar-refractivity contribution in [1.29, 1.82) is 0 Å². The number of amides is 3. The van der Waals surface area contributed by atoms with Crippen LogP contribution in [0.4, 0.5) is 0 Å². The van der Waals surface area contributed by atoms with E-state index in [1.165, 1.54) is 6.08 Å². The maximum Gasteiger partial charge on any atom is 0.262 e. The third-order valence-electron chi connectivity index (χ3n) is 3.74. The minimum atomic E-state index is -0.447. The highest BCUT2D eigenvalue weighted by atomic mass is 16.2. The summed E-state index contributed by atoms with van der Waals surface area (Å²) in [6.45, 7) is 2.40. The van der Waals surface area contributed by atoms with E-state index in [1.807, 2.05) is 61.5 Å². The fraction of sp³-hybridized carbons (Fsp3) is 0.190. The molecule has 0 radical (unpaired) electrons. The molecule has 3 N–H and O–H groups in total. The molecule has 0 atom stereocenters. The van der Waals surface area contributed by atoms with Crippen molar-refractivity contribution >= 4 is 23.8 Å². The van der Waals surface area contributed by atoms with Crippen molar-refractivity contribution in [2.45, 2.75) is 26.3 Å². The van der Waals surface area contributed by atoms with E-state index >= 15 is 0 Å². The first kappa shape index (κ1) is 19.9. The Labute approximate surface area is 158 Å². The van der Waals surface area contributed by atoms with Crippen LogP contribution < -0.4 is 16.2 Å². The largest absolute Gasteiger partial charge is 0.352 e. The lowest BCUT2D eigenvalue weighted by Gasteiger charge is -2.07. The van der Waals surface area contributed by atoms with Gasteiger partial charge in [0.15, 0.2) is 0 Å². The Hall–Kier alpha value is -3.41. The maximum atomic E-state index is 11.8. The summed E-state index contributed by atoms with van der Waals surface area (Å²) in [7, 11) is 0. The van der Waals surface area contributed by atoms with Gasteiger partial charge in [0, 0.05) is 25.5 Å². The Balaban J connectivity index is 1.62. The van der Waals surface area contributed by atoms with Crippen molar-refractivity contribution in [1.82, 2.24) is 16.2 Å². The summed E-state index contributed by atoms with van der Waals surface area (Å²) in [5, 5.41) is 2.74. The highest BCUT2D eigenvalue weighted by Crippen LogP contribution is 2.04. The lowest BCUT2D eigenvalue weighted by molar-refractivity contribution is -0.129. The van der Waals surface area contributed by atoms with Crippen LogP contribution in [0.15, 0.2) is 60.7 Å². The van der Waals surface area contributed by atoms with E-state index < -0.39 is 11.8 Å². The summed E-state index contributed by atoms with van der Waals surface area (Å²) >= 11 is 0. The molecular formula is C21H23N3O3. The summed E-state index contributed by atoms with van der Waals surface area (Å²) in [5.41, 5.74) is 7.59. The number of carbonyl (C=O) groups is 3. The van der Waals surface area contributed by atoms with Crippen LogP contribution in [-0.4, -0.2) is 17.7 Å². The van der Waals surface area contributed by atoms with Crippen LogP contribution in [0, 0.1) is 6.92 Å². The monoisotopic (exact) mass is 365 g/mol. The molecule has 140 valence electrons. The van der Waals surface area contributed by atoms with Gasteiger partial charge in [-0.25, -0.2) is 0 Å². The van der Waals surface area contributed by atoms with Gasteiger partial charge in [-0.15, -0.1) is 0 Å². The molecule has 2 aromatic carbocycles. The molecule has 0 aromatic heterocycles. The van der Waals surface area contributed by atoms with E-state index in [0.29, 0.717) is 6.54 Å². The number of hydrazine groups is 1. The molecule has 0 aliphatic rings. The normalized spacial score (nSPS) is 10.4. The molecule has 0 spiro atoms. The molecule has 0 aliphatic carbocycles. The Morgan fingerprint density at radius 2 is 1.52 bits per heavy atom. The summed E-state index contributed by atoms with van der Waals surface area (Å²) in [6.07, 6.45) is 3.02. The maximum absolute atomic E-state index is 11.8. The summed E-state index contributed by atoms with van der Waals surface area (Å²) in [6, 6.07) is 17.2. The fourth-order valence-corrected chi connectivity index (χ4v) is 2.20. The molecule has 0 fully saturated rings. The van der Waals surface area contributed by atoms with Crippen LogP contribution in [0.5, 0.6) is 0 Å². The number of rotatable bonds is 7. The molecule has 27 heavy (non-hydrogen) atoms. The molecule has 0 bridgehead atoms. The molecule has 0 unspecified atom stereocenters. The highest BCUT2D eigenvalue weighted by molar-refractivity contribution is 5.93. The molecule has 0 saturated carbocycles. The third-order valence-corrected chi connectivity index (χ3v) is 3.74. The second kappa shape index (κ2) is 10.6. The Morgan fingerprint density at radius 3 is 2.22 bits per heavy atom. The number of hydrogen-bond donors (Lipinski definition) is 3. The van der Waals surface area contributed by atoms with E-state index in [2.05, 4.69) is 16.2 Å². The van der Waals surface area contributed by atoms with Gasteiger partial charge < -0.3 is 5.32 Å². The van der Waals surface area contributed by atoms with E-state index in [9.17, 15) is 14.4 Å². The number of hydrogen-bond acceptors (Lipinski definition) is 3. The van der Waals surface area contributed by atoms with Gasteiger partial charge in [0.05, 0.1) is 0 Å². The van der Waals surface area contributed by atoms with Gasteiger partial charge in [-0.2, -0.15) is 0 Å². The number of aryl methyl sites for hydroxylation is 1. The lowest BCUT2D eigenvalue weighted by Crippen LogP contribution is -2.41. The first-order valence-corrected chi connectivity index (χ1v) is 8.67. The zero-order valence-corrected chi connectivity index (χ0v) is 15.2. The second-order valence-corrected chi connectivity index (χ2v) is 6.04. The number of nitrogens with one attached hydrogen (secondary N) is 3. The van der Waals surface area contributed by atoms with Crippen molar-refractivity contribution < 1.29 is 14.4 Å². The first-order valence-electron chi connectivity index (χ1n) is 8.67. The molecule has 2 aromatic rings. The zero-order chi connectivity index (χ0) is 19.5. The number of benzene rings is 2. The van der Waals surface area contributed by atoms with Gasteiger partial charge in [-0.3, -0.25) is 25.2 Å². The van der Waals surface area contributed by atoms with Crippen LogP contribution in [-0.2, 0) is 20.9 Å². The van der Waals surface area contributed by atoms with Gasteiger partial charge in [0.25, 0.3) is 5.91 Å². The minimum absolute atomic E-state index is 0.0113. The van der Waals surface area contributed by atoms with Crippen LogP contribution in [0.3, 0.4) is 0 Å². The Morgan fingerprint density at radius 1 is 0.852 bits per heavy atom. The topological polar surface area (TPSA) is 87.3 Å². The Kier molecular flexibility index (Phi) is 7.78. The summed E-state index contributed by atoms with van der Waals surface area (Å²) < 4.78 is 0. The summed E-state index contributed by atoms with van der Waals surface area (Å²) in [5.74, 6) is -1.10. The standard InChI is InChI=1S/C21H23N3O3/c1-16-7-9-17(10-8-16)11-12-20(26)23-24-21(27)14-13-19(25)22-15-18-5-3-2-4-6-18/h2-12H,13-15H2,1H3,(H,22,25)(H,23,26)(H,24,27). The van der Waals surface area contributed by atoms with E-state index in [1.54, 1.807) is 6.08 Å². The average molecular weight is 365 g/mol. The van der Waals surface area contributed by atoms with Gasteiger partial charge >= 0.3 is 0 Å². The predicted octanol–water partition coefficient (Wildman–Crippen LogP) is 2.25. The zero-order valence-electron chi connectivity index (χ0n) is 15.2. The molecule has 6 nitrogen and oxygen atoms in total. The van der Waals surface area contributed by atoms with E-state index in [-0.39, 0.29) is 18.7 Å². The molecule has 3 amide bonds.